The van der Waals surface area contributed by atoms with Crippen molar-refractivity contribution in [3.63, 3.8) is 0 Å². The van der Waals surface area contributed by atoms with E-state index in [9.17, 15) is 22.5 Å². The molecule has 1 N–H and O–H groups in total. The van der Waals surface area contributed by atoms with E-state index in [4.69, 9.17) is 9.05 Å². The van der Waals surface area contributed by atoms with Gasteiger partial charge < -0.3 is 14.4 Å². The number of carbonyl (C=O) groups excluding carboxylic acids is 1. The molecule has 2 aromatic carbocycles. The third kappa shape index (κ3) is 7.44. The van der Waals surface area contributed by atoms with Gasteiger partial charge in [0.2, 0.25) is 5.91 Å². The number of carbonyl (C=O) groups is 1. The standard InChI is InChI=1S/C33H33F3N3O4P/c34-33(35,36)24-39-31(40)32(29-14-4-2-12-27(29)28-13-3-5-15-30(28)32)16-6-1-7-19-44(41,42-22-25-10-8-17-37-20-25)43-23-26-11-9-18-38-21-26/h2-5,8-15,17-18,20-21H,1,6-7,16,19,22-24H2,(H,39,40). The zero-order valence-electron chi connectivity index (χ0n) is 24.0. The number of aromatic nitrogens is 2. The Morgan fingerprint density at radius 3 is 1.82 bits per heavy atom. The third-order valence-corrected chi connectivity index (χ3v) is 9.59. The van der Waals surface area contributed by atoms with E-state index in [0.29, 0.717) is 30.4 Å². The summed E-state index contributed by atoms with van der Waals surface area (Å²) in [5.41, 5.74) is 3.27. The summed E-state index contributed by atoms with van der Waals surface area (Å²) in [7, 11) is -3.55. The van der Waals surface area contributed by atoms with Gasteiger partial charge in [-0.25, -0.2) is 0 Å². The van der Waals surface area contributed by atoms with Crippen molar-refractivity contribution in [1.29, 1.82) is 0 Å². The van der Waals surface area contributed by atoms with Crippen LogP contribution in [0.2, 0.25) is 0 Å². The van der Waals surface area contributed by atoms with Crippen LogP contribution in [0.1, 0.15) is 47.9 Å². The van der Waals surface area contributed by atoms with E-state index in [2.05, 4.69) is 15.3 Å². The fourth-order valence-electron chi connectivity index (χ4n) is 5.64. The number of hydrogen-bond donors (Lipinski definition) is 1. The van der Waals surface area contributed by atoms with Crippen molar-refractivity contribution in [3.05, 3.63) is 120 Å². The molecule has 0 unspecified atom stereocenters. The van der Waals surface area contributed by atoms with Crippen molar-refractivity contribution in [2.24, 2.45) is 0 Å². The van der Waals surface area contributed by atoms with Crippen molar-refractivity contribution >= 4 is 13.5 Å². The molecule has 230 valence electrons. The molecule has 2 aromatic heterocycles. The number of amides is 1. The van der Waals surface area contributed by atoms with Crippen molar-refractivity contribution in [1.82, 2.24) is 15.3 Å². The maximum Gasteiger partial charge on any atom is 0.405 e. The number of alkyl halides is 3. The summed E-state index contributed by atoms with van der Waals surface area (Å²) in [4.78, 5) is 21.8. The summed E-state index contributed by atoms with van der Waals surface area (Å²) in [6, 6.07) is 21.9. The smallest absolute Gasteiger partial charge is 0.346 e. The van der Waals surface area contributed by atoms with Gasteiger partial charge in [-0.15, -0.1) is 0 Å². The zero-order valence-corrected chi connectivity index (χ0v) is 24.9. The first kappa shape index (κ1) is 31.6. The Kier molecular flexibility index (Phi) is 9.93. The summed E-state index contributed by atoms with van der Waals surface area (Å²) >= 11 is 0. The lowest BCUT2D eigenvalue weighted by molar-refractivity contribution is -0.141. The minimum Gasteiger partial charge on any atom is -0.346 e. The van der Waals surface area contributed by atoms with Crippen LogP contribution in [0.25, 0.3) is 11.1 Å². The van der Waals surface area contributed by atoms with Crippen LogP contribution in [0.15, 0.2) is 97.6 Å². The maximum atomic E-state index is 13.8. The summed E-state index contributed by atoms with van der Waals surface area (Å²) in [5, 5.41) is 2.16. The molecule has 1 amide bonds. The van der Waals surface area contributed by atoms with Gasteiger partial charge in [0.15, 0.2) is 0 Å². The van der Waals surface area contributed by atoms with Crippen LogP contribution in [0, 0.1) is 0 Å². The normalized spacial score (nSPS) is 13.7. The average Bonchev–Trinajstić information content (AvgIpc) is 3.33. The van der Waals surface area contributed by atoms with Crippen molar-refractivity contribution in [3.8, 4) is 11.1 Å². The molecule has 1 aliphatic carbocycles. The van der Waals surface area contributed by atoms with Gasteiger partial charge >= 0.3 is 13.8 Å². The number of halogens is 3. The number of unbranched alkanes of at least 4 members (excludes halogenated alkanes) is 2. The highest BCUT2D eigenvalue weighted by Crippen LogP contribution is 2.53. The minimum absolute atomic E-state index is 0.0637. The molecule has 4 aromatic rings. The average molecular weight is 624 g/mol. The molecule has 2 heterocycles. The van der Waals surface area contributed by atoms with Crippen LogP contribution >= 0.6 is 7.60 Å². The van der Waals surface area contributed by atoms with Crippen LogP contribution < -0.4 is 5.32 Å². The lowest BCUT2D eigenvalue weighted by atomic mass is 9.73. The number of nitrogens with one attached hydrogen (secondary N) is 1. The third-order valence-electron chi connectivity index (χ3n) is 7.69. The molecule has 0 bridgehead atoms. The topological polar surface area (TPSA) is 90.4 Å². The highest BCUT2D eigenvalue weighted by molar-refractivity contribution is 7.53. The Morgan fingerprint density at radius 1 is 0.773 bits per heavy atom. The van der Waals surface area contributed by atoms with Crippen LogP contribution in [-0.2, 0) is 37.0 Å². The largest absolute Gasteiger partial charge is 0.405 e. The molecule has 0 spiro atoms. The van der Waals surface area contributed by atoms with Crippen LogP contribution in [0.3, 0.4) is 0 Å². The second-order valence-electron chi connectivity index (χ2n) is 10.7. The summed E-state index contributed by atoms with van der Waals surface area (Å²) in [6.45, 7) is -1.29. The Hall–Kier alpha value is -3.85. The number of nitrogens with zero attached hydrogens (tertiary/aromatic N) is 2. The summed E-state index contributed by atoms with van der Waals surface area (Å²) in [5.74, 6) is -0.683. The second-order valence-corrected chi connectivity index (χ2v) is 12.9. The fraction of sp³-hybridized carbons (Fsp3) is 0.303. The molecule has 0 fully saturated rings. The lowest BCUT2D eigenvalue weighted by Crippen LogP contribution is -2.47. The number of rotatable bonds is 14. The predicted molar refractivity (Wildman–Crippen MR) is 161 cm³/mol. The summed E-state index contributed by atoms with van der Waals surface area (Å²) in [6.07, 6.45) is 3.91. The Labute approximate surface area is 254 Å². The second kappa shape index (κ2) is 13.8. The van der Waals surface area contributed by atoms with E-state index in [1.807, 2.05) is 48.5 Å². The van der Waals surface area contributed by atoms with E-state index in [1.165, 1.54) is 0 Å². The molecule has 11 heteroatoms. The van der Waals surface area contributed by atoms with Gasteiger partial charge in [0, 0.05) is 24.8 Å². The monoisotopic (exact) mass is 623 g/mol. The summed E-state index contributed by atoms with van der Waals surface area (Å²) < 4.78 is 64.9. The molecule has 0 aliphatic heterocycles. The molecular formula is C33H33F3N3O4P. The van der Waals surface area contributed by atoms with Crippen LogP contribution in [-0.4, -0.2) is 34.8 Å². The van der Waals surface area contributed by atoms with Crippen molar-refractivity contribution in [2.45, 2.75) is 50.5 Å². The Balaban J connectivity index is 1.30. The van der Waals surface area contributed by atoms with Crippen LogP contribution in [0.5, 0.6) is 0 Å². The number of benzene rings is 2. The number of pyridine rings is 2. The van der Waals surface area contributed by atoms with E-state index >= 15 is 0 Å². The van der Waals surface area contributed by atoms with Gasteiger partial charge in [0.25, 0.3) is 0 Å². The maximum absolute atomic E-state index is 13.8. The highest BCUT2D eigenvalue weighted by Gasteiger charge is 2.49. The van der Waals surface area contributed by atoms with E-state index < -0.39 is 31.6 Å². The predicted octanol–water partition coefficient (Wildman–Crippen LogP) is 7.61. The lowest BCUT2D eigenvalue weighted by Gasteiger charge is -2.31. The van der Waals surface area contributed by atoms with Gasteiger partial charge in [-0.3, -0.25) is 19.3 Å². The van der Waals surface area contributed by atoms with E-state index in [0.717, 1.165) is 22.3 Å². The molecule has 7 nitrogen and oxygen atoms in total. The Bertz CT molecular complexity index is 1510. The molecular weight excluding hydrogens is 590 g/mol. The molecule has 0 atom stereocenters. The quantitative estimate of drug-likeness (QED) is 0.115. The SMILES string of the molecule is O=C(NCC(F)(F)F)C1(CCCCCP(=O)(OCc2cccnc2)OCc2cccnc2)c2ccccc2-c2ccccc21. The first-order chi connectivity index (χ1) is 21.2. The molecule has 0 radical (unpaired) electrons. The highest BCUT2D eigenvalue weighted by atomic mass is 31.2. The number of hydrogen-bond acceptors (Lipinski definition) is 6. The first-order valence-corrected chi connectivity index (χ1v) is 16.1. The van der Waals surface area contributed by atoms with Gasteiger partial charge in [-0.2, -0.15) is 13.2 Å². The van der Waals surface area contributed by atoms with Gasteiger partial charge in [-0.1, -0.05) is 73.5 Å². The minimum atomic E-state index is -4.54. The van der Waals surface area contributed by atoms with Gasteiger partial charge in [0.05, 0.1) is 19.4 Å². The van der Waals surface area contributed by atoms with Gasteiger partial charge in [0.1, 0.15) is 12.0 Å². The molecule has 44 heavy (non-hydrogen) atoms. The number of fused-ring (bicyclic) bond motifs is 3. The van der Waals surface area contributed by atoms with Crippen molar-refractivity contribution < 1.29 is 31.6 Å². The van der Waals surface area contributed by atoms with E-state index in [1.54, 1.807) is 49.1 Å². The van der Waals surface area contributed by atoms with Crippen molar-refractivity contribution in [2.75, 3.05) is 12.7 Å². The zero-order chi connectivity index (χ0) is 31.0. The molecule has 0 saturated heterocycles. The van der Waals surface area contributed by atoms with Gasteiger partial charge in [-0.05, 0) is 58.4 Å². The Morgan fingerprint density at radius 2 is 1.32 bits per heavy atom. The molecule has 1 aliphatic rings. The van der Waals surface area contributed by atoms with E-state index in [-0.39, 0.29) is 25.8 Å². The van der Waals surface area contributed by atoms with Crippen LogP contribution in [0.4, 0.5) is 13.2 Å². The first-order valence-electron chi connectivity index (χ1n) is 14.4. The molecule has 5 rings (SSSR count). The molecule has 0 saturated carbocycles. The fourth-order valence-corrected chi connectivity index (χ4v) is 7.27.